The molecule has 0 spiro atoms. The van der Waals surface area contributed by atoms with Gasteiger partial charge >= 0.3 is 0 Å². The van der Waals surface area contributed by atoms with E-state index in [9.17, 15) is 0 Å². The second-order valence-electron chi connectivity index (χ2n) is 3.60. The van der Waals surface area contributed by atoms with Crippen LogP contribution in [0.3, 0.4) is 0 Å². The normalized spacial score (nSPS) is 10.9. The average molecular weight is 205 g/mol. The molecule has 0 atom stereocenters. The molecule has 0 aromatic carbocycles. The Hall–Kier alpha value is -1.62. The molecule has 0 fully saturated rings. The predicted molar refractivity (Wildman–Crippen MR) is 57.2 cm³/mol. The fourth-order valence-electron chi connectivity index (χ4n) is 1.54. The Morgan fingerprint density at radius 2 is 2.20 bits per heavy atom. The molecule has 0 saturated carbocycles. The van der Waals surface area contributed by atoms with Gasteiger partial charge in [0.1, 0.15) is 0 Å². The van der Waals surface area contributed by atoms with Crippen LogP contribution >= 0.6 is 0 Å². The van der Waals surface area contributed by atoms with Crippen LogP contribution in [0.2, 0.25) is 0 Å². The van der Waals surface area contributed by atoms with Gasteiger partial charge < -0.3 is 10.3 Å². The van der Waals surface area contributed by atoms with E-state index in [1.54, 1.807) is 12.5 Å². The second-order valence-corrected chi connectivity index (χ2v) is 3.60. The SMILES string of the molecule is Cc1c(Cn2cncc2CN)cnn1C. The zero-order valence-corrected chi connectivity index (χ0v) is 9.01. The van der Waals surface area contributed by atoms with Crippen molar-refractivity contribution in [3.8, 4) is 0 Å². The zero-order valence-electron chi connectivity index (χ0n) is 9.01. The summed E-state index contributed by atoms with van der Waals surface area (Å²) >= 11 is 0. The lowest BCUT2D eigenvalue weighted by Crippen LogP contribution is -2.08. The highest BCUT2D eigenvalue weighted by molar-refractivity contribution is 5.17. The first-order valence-corrected chi connectivity index (χ1v) is 4.89. The van der Waals surface area contributed by atoms with Crippen molar-refractivity contribution in [3.63, 3.8) is 0 Å². The summed E-state index contributed by atoms with van der Waals surface area (Å²) < 4.78 is 3.92. The Kier molecular flexibility index (Phi) is 2.55. The largest absolute Gasteiger partial charge is 0.329 e. The van der Waals surface area contributed by atoms with Crippen LogP contribution in [0.4, 0.5) is 0 Å². The van der Waals surface area contributed by atoms with Gasteiger partial charge in [-0.2, -0.15) is 5.10 Å². The Labute approximate surface area is 88.5 Å². The summed E-state index contributed by atoms with van der Waals surface area (Å²) in [6.45, 7) is 3.35. The topological polar surface area (TPSA) is 61.7 Å². The molecule has 5 nitrogen and oxygen atoms in total. The van der Waals surface area contributed by atoms with E-state index in [-0.39, 0.29) is 0 Å². The maximum absolute atomic E-state index is 5.61. The summed E-state index contributed by atoms with van der Waals surface area (Å²) in [5.74, 6) is 0. The van der Waals surface area contributed by atoms with Crippen LogP contribution in [-0.2, 0) is 20.1 Å². The quantitative estimate of drug-likeness (QED) is 0.790. The third kappa shape index (κ3) is 1.78. The molecule has 2 aromatic heterocycles. The van der Waals surface area contributed by atoms with Gasteiger partial charge in [-0.15, -0.1) is 0 Å². The van der Waals surface area contributed by atoms with E-state index in [0.717, 1.165) is 12.2 Å². The molecular formula is C10H15N5. The van der Waals surface area contributed by atoms with Crippen molar-refractivity contribution in [2.75, 3.05) is 0 Å². The first-order chi connectivity index (χ1) is 7.22. The lowest BCUT2D eigenvalue weighted by molar-refractivity contribution is 0.718. The lowest BCUT2D eigenvalue weighted by Gasteiger charge is -2.05. The molecule has 5 heteroatoms. The van der Waals surface area contributed by atoms with Crippen LogP contribution in [0.5, 0.6) is 0 Å². The van der Waals surface area contributed by atoms with Crippen molar-refractivity contribution in [2.45, 2.75) is 20.0 Å². The maximum Gasteiger partial charge on any atom is 0.0951 e. The van der Waals surface area contributed by atoms with Gasteiger partial charge in [-0.3, -0.25) is 4.68 Å². The summed E-state index contributed by atoms with van der Waals surface area (Å²) in [5, 5.41) is 4.20. The lowest BCUT2D eigenvalue weighted by atomic mass is 10.2. The van der Waals surface area contributed by atoms with Crippen molar-refractivity contribution < 1.29 is 0 Å². The molecule has 15 heavy (non-hydrogen) atoms. The fourth-order valence-corrected chi connectivity index (χ4v) is 1.54. The third-order valence-corrected chi connectivity index (χ3v) is 2.69. The number of imidazole rings is 1. The Morgan fingerprint density at radius 3 is 2.80 bits per heavy atom. The molecule has 2 aromatic rings. The van der Waals surface area contributed by atoms with Gasteiger partial charge in [-0.25, -0.2) is 4.98 Å². The monoisotopic (exact) mass is 205 g/mol. The minimum absolute atomic E-state index is 0.513. The summed E-state index contributed by atoms with van der Waals surface area (Å²) in [6.07, 6.45) is 5.48. The van der Waals surface area contributed by atoms with Gasteiger partial charge in [0.15, 0.2) is 0 Å². The van der Waals surface area contributed by atoms with Crippen molar-refractivity contribution in [2.24, 2.45) is 12.8 Å². The minimum Gasteiger partial charge on any atom is -0.329 e. The van der Waals surface area contributed by atoms with Crippen LogP contribution in [0, 0.1) is 6.92 Å². The maximum atomic E-state index is 5.61. The molecule has 80 valence electrons. The van der Waals surface area contributed by atoms with Crippen LogP contribution in [0.25, 0.3) is 0 Å². The number of hydrogen-bond donors (Lipinski definition) is 1. The highest BCUT2D eigenvalue weighted by Gasteiger charge is 2.06. The molecule has 0 bridgehead atoms. The molecule has 0 radical (unpaired) electrons. The number of rotatable bonds is 3. The van der Waals surface area contributed by atoms with Gasteiger partial charge in [0, 0.05) is 31.0 Å². The second kappa shape index (κ2) is 3.86. The average Bonchev–Trinajstić information content (AvgIpc) is 2.80. The Bertz CT molecular complexity index is 454. The predicted octanol–water partition coefficient (Wildman–Crippen LogP) is 0.432. The molecule has 2 N–H and O–H groups in total. The van der Waals surface area contributed by atoms with Crippen molar-refractivity contribution in [1.29, 1.82) is 0 Å². The number of aryl methyl sites for hydroxylation is 1. The number of nitrogens with zero attached hydrogens (tertiary/aromatic N) is 4. The van der Waals surface area contributed by atoms with Crippen molar-refractivity contribution in [1.82, 2.24) is 19.3 Å². The van der Waals surface area contributed by atoms with Gasteiger partial charge in [0.25, 0.3) is 0 Å². The standard InChI is InChI=1S/C10H15N5/c1-8-9(4-13-14(8)2)6-15-7-12-5-10(15)3-11/h4-5,7H,3,6,11H2,1-2H3. The Morgan fingerprint density at radius 1 is 1.40 bits per heavy atom. The van der Waals surface area contributed by atoms with E-state index in [4.69, 9.17) is 5.73 Å². The van der Waals surface area contributed by atoms with E-state index in [2.05, 4.69) is 17.0 Å². The molecule has 0 saturated heterocycles. The third-order valence-electron chi connectivity index (χ3n) is 2.69. The fraction of sp³-hybridized carbons (Fsp3) is 0.400. The van der Waals surface area contributed by atoms with Crippen molar-refractivity contribution >= 4 is 0 Å². The van der Waals surface area contributed by atoms with Crippen LogP contribution < -0.4 is 5.73 Å². The van der Waals surface area contributed by atoms with Crippen molar-refractivity contribution in [3.05, 3.63) is 35.7 Å². The van der Waals surface area contributed by atoms with Gasteiger partial charge in [0.05, 0.1) is 24.8 Å². The summed E-state index contributed by atoms with van der Waals surface area (Å²) in [4.78, 5) is 4.08. The van der Waals surface area contributed by atoms with Gasteiger partial charge in [0.2, 0.25) is 0 Å². The summed E-state index contributed by atoms with van der Waals surface area (Å²) in [6, 6.07) is 0. The molecule has 2 heterocycles. The summed E-state index contributed by atoms with van der Waals surface area (Å²) in [5.41, 5.74) is 9.02. The van der Waals surface area contributed by atoms with Gasteiger partial charge in [-0.05, 0) is 6.92 Å². The highest BCUT2D eigenvalue weighted by atomic mass is 15.3. The Balaban J connectivity index is 2.25. The number of nitrogens with two attached hydrogens (primary N) is 1. The highest BCUT2D eigenvalue weighted by Crippen LogP contribution is 2.09. The van der Waals surface area contributed by atoms with Gasteiger partial charge in [-0.1, -0.05) is 0 Å². The van der Waals surface area contributed by atoms with E-state index in [0.29, 0.717) is 6.54 Å². The zero-order chi connectivity index (χ0) is 10.8. The van der Waals surface area contributed by atoms with E-state index >= 15 is 0 Å². The number of hydrogen-bond acceptors (Lipinski definition) is 3. The molecule has 0 unspecified atom stereocenters. The molecular weight excluding hydrogens is 190 g/mol. The van der Waals surface area contributed by atoms with E-state index in [1.807, 2.05) is 22.5 Å². The number of aromatic nitrogens is 4. The van der Waals surface area contributed by atoms with Crippen LogP contribution in [0.1, 0.15) is 17.0 Å². The molecule has 0 amide bonds. The molecule has 0 aliphatic carbocycles. The van der Waals surface area contributed by atoms with E-state index in [1.165, 1.54) is 11.3 Å². The first-order valence-electron chi connectivity index (χ1n) is 4.89. The first kappa shape index (κ1) is 9.92. The molecule has 2 rings (SSSR count). The van der Waals surface area contributed by atoms with Crippen LogP contribution in [0.15, 0.2) is 18.7 Å². The smallest absolute Gasteiger partial charge is 0.0951 e. The minimum atomic E-state index is 0.513. The molecule has 0 aliphatic rings. The summed E-state index contributed by atoms with van der Waals surface area (Å²) in [7, 11) is 1.94. The molecule has 0 aliphatic heterocycles. The van der Waals surface area contributed by atoms with Crippen LogP contribution in [-0.4, -0.2) is 19.3 Å². The van der Waals surface area contributed by atoms with E-state index < -0.39 is 0 Å².